The molecule has 1 amide bonds. The second-order valence-electron chi connectivity index (χ2n) is 4.02. The SMILES string of the molecule is C[C@H](Cl)C(=O)N1CCCC1(C)C. The van der Waals surface area contributed by atoms with E-state index in [1.165, 1.54) is 0 Å². The quantitative estimate of drug-likeness (QED) is 0.578. The number of rotatable bonds is 1. The number of amides is 1. The maximum absolute atomic E-state index is 11.6. The van der Waals surface area contributed by atoms with E-state index in [2.05, 4.69) is 13.8 Å². The van der Waals surface area contributed by atoms with E-state index in [1.807, 2.05) is 4.90 Å². The summed E-state index contributed by atoms with van der Waals surface area (Å²) in [6.07, 6.45) is 2.19. The molecule has 0 aliphatic carbocycles. The number of hydrogen-bond acceptors (Lipinski definition) is 1. The highest BCUT2D eigenvalue weighted by Crippen LogP contribution is 2.29. The first kappa shape index (κ1) is 9.85. The van der Waals surface area contributed by atoms with Gasteiger partial charge in [-0.2, -0.15) is 0 Å². The Bertz CT molecular complexity index is 189. The monoisotopic (exact) mass is 189 g/mol. The predicted octanol–water partition coefficient (Wildman–Crippen LogP) is 2.01. The lowest BCUT2D eigenvalue weighted by atomic mass is 10.0. The van der Waals surface area contributed by atoms with E-state index in [1.54, 1.807) is 6.92 Å². The van der Waals surface area contributed by atoms with Crippen LogP contribution in [0, 0.1) is 0 Å². The number of halogens is 1. The fourth-order valence-electron chi connectivity index (χ4n) is 1.73. The molecule has 0 aromatic carbocycles. The maximum Gasteiger partial charge on any atom is 0.240 e. The van der Waals surface area contributed by atoms with Crippen molar-refractivity contribution < 1.29 is 4.79 Å². The van der Waals surface area contributed by atoms with E-state index < -0.39 is 0 Å². The number of carbonyl (C=O) groups excluding carboxylic acids is 1. The third-order valence-corrected chi connectivity index (χ3v) is 2.69. The molecule has 0 N–H and O–H groups in total. The lowest BCUT2D eigenvalue weighted by Crippen LogP contribution is -2.45. The minimum Gasteiger partial charge on any atom is -0.336 e. The van der Waals surface area contributed by atoms with Crippen LogP contribution in [0.25, 0.3) is 0 Å². The zero-order chi connectivity index (χ0) is 9.35. The third kappa shape index (κ3) is 1.74. The molecule has 0 aromatic heterocycles. The van der Waals surface area contributed by atoms with Crippen molar-refractivity contribution in [3.05, 3.63) is 0 Å². The van der Waals surface area contributed by atoms with Crippen LogP contribution in [0.5, 0.6) is 0 Å². The summed E-state index contributed by atoms with van der Waals surface area (Å²) in [6, 6.07) is 0. The van der Waals surface area contributed by atoms with Gasteiger partial charge in [0.05, 0.1) is 0 Å². The molecule has 0 radical (unpaired) electrons. The molecule has 0 aromatic rings. The van der Waals surface area contributed by atoms with Crippen LogP contribution in [0.4, 0.5) is 0 Å². The van der Waals surface area contributed by atoms with Crippen molar-refractivity contribution in [2.24, 2.45) is 0 Å². The van der Waals surface area contributed by atoms with Crippen LogP contribution >= 0.6 is 11.6 Å². The van der Waals surface area contributed by atoms with Crippen LogP contribution in [-0.4, -0.2) is 28.3 Å². The number of hydrogen-bond donors (Lipinski definition) is 0. The van der Waals surface area contributed by atoms with Crippen molar-refractivity contribution >= 4 is 17.5 Å². The molecule has 1 saturated heterocycles. The molecule has 12 heavy (non-hydrogen) atoms. The highest BCUT2D eigenvalue weighted by atomic mass is 35.5. The number of alkyl halides is 1. The zero-order valence-corrected chi connectivity index (χ0v) is 8.69. The highest BCUT2D eigenvalue weighted by molar-refractivity contribution is 6.30. The van der Waals surface area contributed by atoms with Gasteiger partial charge in [-0.3, -0.25) is 4.79 Å². The molecular weight excluding hydrogens is 174 g/mol. The summed E-state index contributed by atoms with van der Waals surface area (Å²) in [6.45, 7) is 6.79. The molecule has 0 saturated carbocycles. The first-order valence-corrected chi connectivity index (χ1v) is 4.84. The fourth-order valence-corrected chi connectivity index (χ4v) is 1.85. The normalized spacial score (nSPS) is 24.2. The first-order chi connectivity index (χ1) is 5.45. The summed E-state index contributed by atoms with van der Waals surface area (Å²) in [5.41, 5.74) is 0.0141. The third-order valence-electron chi connectivity index (χ3n) is 2.51. The summed E-state index contributed by atoms with van der Waals surface area (Å²) >= 11 is 5.74. The van der Waals surface area contributed by atoms with Gasteiger partial charge in [-0.1, -0.05) is 0 Å². The molecule has 1 atom stereocenters. The van der Waals surface area contributed by atoms with Gasteiger partial charge < -0.3 is 4.90 Å². The van der Waals surface area contributed by atoms with Crippen molar-refractivity contribution in [2.45, 2.75) is 44.5 Å². The molecule has 1 aliphatic heterocycles. The Hall–Kier alpha value is -0.240. The Morgan fingerprint density at radius 1 is 1.58 bits per heavy atom. The van der Waals surface area contributed by atoms with Crippen molar-refractivity contribution in [3.63, 3.8) is 0 Å². The topological polar surface area (TPSA) is 20.3 Å². The first-order valence-electron chi connectivity index (χ1n) is 4.41. The average molecular weight is 190 g/mol. The molecule has 1 rings (SSSR count). The van der Waals surface area contributed by atoms with Crippen molar-refractivity contribution in [2.75, 3.05) is 6.54 Å². The Morgan fingerprint density at radius 2 is 2.17 bits per heavy atom. The average Bonchev–Trinajstić information content (AvgIpc) is 2.27. The fraction of sp³-hybridized carbons (Fsp3) is 0.889. The smallest absolute Gasteiger partial charge is 0.240 e. The van der Waals surface area contributed by atoms with Crippen LogP contribution in [0.2, 0.25) is 0 Å². The lowest BCUT2D eigenvalue weighted by Gasteiger charge is -2.32. The van der Waals surface area contributed by atoms with Crippen LogP contribution < -0.4 is 0 Å². The van der Waals surface area contributed by atoms with E-state index in [9.17, 15) is 4.79 Å². The zero-order valence-electron chi connectivity index (χ0n) is 7.93. The van der Waals surface area contributed by atoms with Crippen LogP contribution in [0.1, 0.15) is 33.6 Å². The van der Waals surface area contributed by atoms with E-state index >= 15 is 0 Å². The molecule has 0 unspecified atom stereocenters. The van der Waals surface area contributed by atoms with Crippen LogP contribution in [0.3, 0.4) is 0 Å². The Morgan fingerprint density at radius 3 is 2.50 bits per heavy atom. The van der Waals surface area contributed by atoms with Gasteiger partial charge in [-0.15, -0.1) is 11.6 Å². The van der Waals surface area contributed by atoms with Gasteiger partial charge in [0.25, 0.3) is 0 Å². The molecule has 0 spiro atoms. The molecule has 1 fully saturated rings. The Balaban J connectivity index is 2.69. The summed E-state index contributed by atoms with van der Waals surface area (Å²) in [4.78, 5) is 13.4. The largest absolute Gasteiger partial charge is 0.336 e. The van der Waals surface area contributed by atoms with Crippen molar-refractivity contribution in [3.8, 4) is 0 Å². The van der Waals surface area contributed by atoms with Gasteiger partial charge in [0.15, 0.2) is 0 Å². The van der Waals surface area contributed by atoms with E-state index in [0.717, 1.165) is 19.4 Å². The summed E-state index contributed by atoms with van der Waals surface area (Å²) in [5.74, 6) is 0.0687. The minimum absolute atomic E-state index is 0.0141. The van der Waals surface area contributed by atoms with Gasteiger partial charge >= 0.3 is 0 Å². The van der Waals surface area contributed by atoms with E-state index in [0.29, 0.717) is 0 Å². The molecule has 1 aliphatic rings. The minimum atomic E-state index is -0.387. The predicted molar refractivity (Wildman–Crippen MR) is 50.3 cm³/mol. The number of nitrogens with zero attached hydrogens (tertiary/aromatic N) is 1. The maximum atomic E-state index is 11.6. The van der Waals surface area contributed by atoms with Gasteiger partial charge in [0.2, 0.25) is 5.91 Å². The van der Waals surface area contributed by atoms with Gasteiger partial charge in [0.1, 0.15) is 5.38 Å². The van der Waals surface area contributed by atoms with Gasteiger partial charge in [-0.25, -0.2) is 0 Å². The second kappa shape index (κ2) is 3.25. The standard InChI is InChI=1S/C9H16ClNO/c1-7(10)8(12)11-6-4-5-9(11,2)3/h7H,4-6H2,1-3H3/t7-/m0/s1. The van der Waals surface area contributed by atoms with E-state index in [4.69, 9.17) is 11.6 Å². The Kier molecular flexibility index (Phi) is 2.67. The highest BCUT2D eigenvalue weighted by Gasteiger charge is 2.36. The van der Waals surface area contributed by atoms with Gasteiger partial charge in [-0.05, 0) is 33.6 Å². The summed E-state index contributed by atoms with van der Waals surface area (Å²) in [5, 5.41) is -0.387. The van der Waals surface area contributed by atoms with Crippen molar-refractivity contribution in [1.29, 1.82) is 0 Å². The number of likely N-dealkylation sites (tertiary alicyclic amines) is 1. The molecule has 0 bridgehead atoms. The summed E-state index contributed by atoms with van der Waals surface area (Å²) < 4.78 is 0. The van der Waals surface area contributed by atoms with Gasteiger partial charge in [0, 0.05) is 12.1 Å². The Labute approximate surface area is 78.9 Å². The molecule has 2 nitrogen and oxygen atoms in total. The van der Waals surface area contributed by atoms with E-state index in [-0.39, 0.29) is 16.8 Å². The summed E-state index contributed by atoms with van der Waals surface area (Å²) in [7, 11) is 0. The molecular formula is C9H16ClNO. The second-order valence-corrected chi connectivity index (χ2v) is 4.68. The molecule has 70 valence electrons. The van der Waals surface area contributed by atoms with Crippen LogP contribution in [0.15, 0.2) is 0 Å². The van der Waals surface area contributed by atoms with Crippen LogP contribution in [-0.2, 0) is 4.79 Å². The lowest BCUT2D eigenvalue weighted by molar-refractivity contribution is -0.133. The van der Waals surface area contributed by atoms with Crippen molar-refractivity contribution in [1.82, 2.24) is 4.90 Å². The molecule has 1 heterocycles. The number of carbonyl (C=O) groups is 1. The molecule has 3 heteroatoms.